The number of pyridine rings is 2. The molecule has 0 aliphatic heterocycles. The minimum atomic E-state index is -0.137. The summed E-state index contributed by atoms with van der Waals surface area (Å²) in [7, 11) is 0. The van der Waals surface area contributed by atoms with Crippen LogP contribution in [0.1, 0.15) is 65.8 Å². The van der Waals surface area contributed by atoms with Gasteiger partial charge in [-0.05, 0) is 86.0 Å². The van der Waals surface area contributed by atoms with E-state index < -0.39 is 0 Å². The zero-order chi connectivity index (χ0) is 35.5. The minimum Gasteiger partial charge on any atom is -0.507 e. The van der Waals surface area contributed by atoms with Crippen molar-refractivity contribution in [2.45, 2.75) is 52.1 Å². The van der Waals surface area contributed by atoms with Crippen LogP contribution in [0, 0.1) is 0 Å². The molecule has 6 rings (SSSR count). The van der Waals surface area contributed by atoms with E-state index >= 15 is 0 Å². The number of ketones is 1. The molecule has 0 fully saturated rings. The molecule has 0 saturated heterocycles. The number of anilines is 1. The Morgan fingerprint density at radius 1 is 0.940 bits per heavy atom. The normalized spacial score (nSPS) is 11.5. The van der Waals surface area contributed by atoms with Gasteiger partial charge in [0, 0.05) is 42.0 Å². The third-order valence-electron chi connectivity index (χ3n) is 8.40. The lowest BCUT2D eigenvalue weighted by Crippen LogP contribution is -2.30. The van der Waals surface area contributed by atoms with Gasteiger partial charge in [0.15, 0.2) is 23.5 Å². The number of phenolic OH excluding ortho intramolecular Hbond substituents is 1. The maximum absolute atomic E-state index is 12.9. The first-order valence-corrected chi connectivity index (χ1v) is 16.9. The van der Waals surface area contributed by atoms with Gasteiger partial charge in [-0.1, -0.05) is 56.3 Å². The van der Waals surface area contributed by atoms with Crippen LogP contribution in [-0.2, 0) is 6.54 Å². The smallest absolute Gasteiger partial charge is 0.165 e. The minimum absolute atomic E-state index is 0.0678. The summed E-state index contributed by atoms with van der Waals surface area (Å²) in [6.45, 7) is 5.16. The number of nitrogens with one attached hydrogen (secondary N) is 1. The lowest BCUT2D eigenvalue weighted by Gasteiger charge is -2.19. The number of carbonyl (C=O) groups is 2. The number of benzene rings is 3. The van der Waals surface area contributed by atoms with Crippen LogP contribution in [0.25, 0.3) is 39.5 Å². The number of hydrogen-bond donors (Lipinski definition) is 4. The van der Waals surface area contributed by atoms with Gasteiger partial charge in [0.25, 0.3) is 0 Å². The number of hydrogen-bond acceptors (Lipinski definition) is 9. The number of fused-ring (bicyclic) bond motifs is 1. The monoisotopic (exact) mass is 669 g/mol. The molecular weight excluding hydrogens is 626 g/mol. The zero-order valence-corrected chi connectivity index (χ0v) is 28.4. The summed E-state index contributed by atoms with van der Waals surface area (Å²) in [6, 6.07) is 30.4. The van der Waals surface area contributed by atoms with Gasteiger partial charge in [-0.3, -0.25) is 14.2 Å². The molecule has 6 N–H and O–H groups in total. The summed E-state index contributed by atoms with van der Waals surface area (Å²) in [4.78, 5) is 38.4. The number of phenols is 1. The van der Waals surface area contributed by atoms with Crippen molar-refractivity contribution in [1.82, 2.24) is 24.8 Å². The second-order valence-electron chi connectivity index (χ2n) is 11.6. The number of aromatic nitrogens is 4. The molecule has 1 atom stereocenters. The van der Waals surface area contributed by atoms with E-state index in [2.05, 4.69) is 22.4 Å². The number of aldehydes is 1. The molecule has 3 aromatic carbocycles. The molecular formula is C40H43N7O3. The molecule has 10 heteroatoms. The van der Waals surface area contributed by atoms with Crippen LogP contribution < -0.4 is 16.8 Å². The van der Waals surface area contributed by atoms with E-state index in [1.165, 1.54) is 12.1 Å². The highest BCUT2D eigenvalue weighted by molar-refractivity contribution is 5.98. The molecule has 0 saturated carbocycles. The maximum Gasteiger partial charge on any atom is 0.165 e. The molecule has 0 aliphatic carbocycles. The van der Waals surface area contributed by atoms with E-state index in [4.69, 9.17) is 21.4 Å². The van der Waals surface area contributed by atoms with Crippen LogP contribution in [0.4, 0.5) is 5.82 Å². The Balaban J connectivity index is 0.00000239. The highest BCUT2D eigenvalue weighted by Crippen LogP contribution is 2.32. The largest absolute Gasteiger partial charge is 0.507 e. The average molecular weight is 670 g/mol. The SMILES string of the molecule is CC.NCCCC(CCC(=O)c1ccc(O)c(C=O)c1)NCc1ccc(-n2c(-c3cccnc3N)nc3ccc(-c4ccccc4)nc32)cc1. The molecule has 0 spiro atoms. The Morgan fingerprint density at radius 3 is 2.44 bits per heavy atom. The van der Waals surface area contributed by atoms with E-state index in [0.29, 0.717) is 55.1 Å². The van der Waals surface area contributed by atoms with Crippen molar-refractivity contribution in [3.63, 3.8) is 0 Å². The third-order valence-corrected chi connectivity index (χ3v) is 8.40. The number of nitrogens with zero attached hydrogens (tertiary/aromatic N) is 4. The number of Topliss-reactive ketones (excluding diaryl/α,β-unsaturated/α-hetero) is 1. The first-order valence-electron chi connectivity index (χ1n) is 16.9. The molecule has 0 aliphatic rings. The standard InChI is InChI=1S/C38H37N7O3.C2H6/c39-20-4-8-29(13-19-34(47)27-12-18-35(48)28(22-27)24-46)42-23-25-10-14-30(15-11-25)45-37(31-9-5-21-41-36(31)40)44-33-17-16-32(43-38(33)45)26-6-2-1-3-7-26;1-2/h1-3,5-7,9-12,14-18,21-22,24,29,42,48H,4,8,13,19-20,23,39H2,(H2,40,41);1-2H3. The lowest BCUT2D eigenvalue weighted by molar-refractivity contribution is 0.0975. The summed E-state index contributed by atoms with van der Waals surface area (Å²) in [5.41, 5.74) is 18.6. The van der Waals surface area contributed by atoms with Crippen molar-refractivity contribution < 1.29 is 14.7 Å². The Bertz CT molecular complexity index is 2040. The quantitative estimate of drug-likeness (QED) is 0.0698. The molecule has 6 aromatic rings. The molecule has 1 unspecified atom stereocenters. The van der Waals surface area contributed by atoms with Gasteiger partial charge in [0.1, 0.15) is 17.1 Å². The summed E-state index contributed by atoms with van der Waals surface area (Å²) < 4.78 is 2.02. The number of nitrogens with two attached hydrogens (primary N) is 2. The van der Waals surface area contributed by atoms with Crippen molar-refractivity contribution >= 4 is 29.1 Å². The zero-order valence-electron chi connectivity index (χ0n) is 28.4. The second-order valence-corrected chi connectivity index (χ2v) is 11.6. The molecule has 3 heterocycles. The molecule has 3 aromatic heterocycles. The van der Waals surface area contributed by atoms with E-state index in [-0.39, 0.29) is 23.1 Å². The fourth-order valence-electron chi connectivity index (χ4n) is 5.77. The van der Waals surface area contributed by atoms with Gasteiger partial charge in [0.05, 0.1) is 16.8 Å². The predicted molar refractivity (Wildman–Crippen MR) is 199 cm³/mol. The lowest BCUT2D eigenvalue weighted by atomic mass is 9.99. The van der Waals surface area contributed by atoms with Gasteiger partial charge in [-0.15, -0.1) is 0 Å². The Labute approximate surface area is 292 Å². The Kier molecular flexibility index (Phi) is 12.2. The average Bonchev–Trinajstić information content (AvgIpc) is 3.54. The third kappa shape index (κ3) is 8.28. The van der Waals surface area contributed by atoms with Crippen molar-refractivity contribution in [3.8, 4) is 34.1 Å². The Hall–Kier alpha value is -5.71. The van der Waals surface area contributed by atoms with E-state index in [1.807, 2.05) is 85.1 Å². The van der Waals surface area contributed by atoms with E-state index in [1.54, 1.807) is 12.3 Å². The maximum atomic E-state index is 12.9. The van der Waals surface area contributed by atoms with Crippen molar-refractivity contribution in [1.29, 1.82) is 0 Å². The molecule has 0 radical (unpaired) electrons. The summed E-state index contributed by atoms with van der Waals surface area (Å²) >= 11 is 0. The van der Waals surface area contributed by atoms with Gasteiger partial charge in [0.2, 0.25) is 0 Å². The number of rotatable bonds is 14. The van der Waals surface area contributed by atoms with Crippen LogP contribution in [0.5, 0.6) is 5.75 Å². The van der Waals surface area contributed by atoms with Crippen LogP contribution in [0.3, 0.4) is 0 Å². The number of nitrogen functional groups attached to an aromatic ring is 1. The van der Waals surface area contributed by atoms with Gasteiger partial charge >= 0.3 is 0 Å². The van der Waals surface area contributed by atoms with Gasteiger partial charge in [-0.2, -0.15) is 0 Å². The van der Waals surface area contributed by atoms with Crippen molar-refractivity contribution in [2.75, 3.05) is 12.3 Å². The summed E-state index contributed by atoms with van der Waals surface area (Å²) in [5, 5.41) is 13.4. The highest BCUT2D eigenvalue weighted by Gasteiger charge is 2.19. The van der Waals surface area contributed by atoms with Crippen LogP contribution >= 0.6 is 0 Å². The molecule has 10 nitrogen and oxygen atoms in total. The predicted octanol–water partition coefficient (Wildman–Crippen LogP) is 7.14. The van der Waals surface area contributed by atoms with Gasteiger partial charge in [-0.25, -0.2) is 15.0 Å². The van der Waals surface area contributed by atoms with Crippen LogP contribution in [0.2, 0.25) is 0 Å². The fourth-order valence-corrected chi connectivity index (χ4v) is 5.77. The molecule has 0 bridgehead atoms. The number of carbonyl (C=O) groups excluding carboxylic acids is 2. The highest BCUT2D eigenvalue weighted by atomic mass is 16.3. The second kappa shape index (κ2) is 17.1. The van der Waals surface area contributed by atoms with Crippen LogP contribution in [-0.4, -0.2) is 49.3 Å². The Morgan fingerprint density at radius 2 is 1.72 bits per heavy atom. The summed E-state index contributed by atoms with van der Waals surface area (Å²) in [6.07, 6.45) is 4.77. The molecule has 0 amide bonds. The van der Waals surface area contributed by atoms with Crippen molar-refractivity contribution in [2.24, 2.45) is 5.73 Å². The number of aromatic hydroxyl groups is 1. The topological polar surface area (TPSA) is 162 Å². The molecule has 256 valence electrons. The van der Waals surface area contributed by atoms with Crippen LogP contribution in [0.15, 0.2) is 103 Å². The first-order chi connectivity index (χ1) is 24.4. The first kappa shape index (κ1) is 35.6. The van der Waals surface area contributed by atoms with E-state index in [0.717, 1.165) is 46.4 Å². The van der Waals surface area contributed by atoms with E-state index in [9.17, 15) is 14.7 Å². The molecule has 50 heavy (non-hydrogen) atoms. The summed E-state index contributed by atoms with van der Waals surface area (Å²) in [5.74, 6) is 0.819. The number of imidazole rings is 1. The van der Waals surface area contributed by atoms with Gasteiger partial charge < -0.3 is 21.9 Å². The fraction of sp³-hybridized carbons (Fsp3) is 0.225. The van der Waals surface area contributed by atoms with Crippen molar-refractivity contribution in [3.05, 3.63) is 120 Å².